The summed E-state index contributed by atoms with van der Waals surface area (Å²) in [6, 6.07) is 0. The summed E-state index contributed by atoms with van der Waals surface area (Å²) in [5.41, 5.74) is 0. The summed E-state index contributed by atoms with van der Waals surface area (Å²) >= 11 is 0. The van der Waals surface area contributed by atoms with E-state index in [0.717, 1.165) is 38.6 Å². The van der Waals surface area contributed by atoms with Gasteiger partial charge in [-0.2, -0.15) is 0 Å². The average Bonchev–Trinajstić information content (AvgIpc) is 3.35. The predicted octanol–water partition coefficient (Wildman–Crippen LogP) is 4.04. The summed E-state index contributed by atoms with van der Waals surface area (Å²) in [4.78, 5) is 10.5. The molecule has 4 atom stereocenters. The monoisotopic (exact) mass is 368 g/mol. The van der Waals surface area contributed by atoms with Gasteiger partial charge in [-0.1, -0.05) is 25.7 Å². The molecule has 0 radical (unpaired) electrons. The maximum atomic E-state index is 10.5. The highest BCUT2D eigenvalue weighted by Gasteiger charge is 2.47. The molecule has 3 aliphatic rings. The van der Waals surface area contributed by atoms with Crippen molar-refractivity contribution < 1.29 is 24.1 Å². The Hall–Kier alpha value is -0.650. The molecular formula is C21H36O5. The van der Waals surface area contributed by atoms with E-state index in [4.69, 9.17) is 19.3 Å². The molecule has 4 unspecified atom stereocenters. The fourth-order valence-corrected chi connectivity index (χ4v) is 5.19. The third-order valence-corrected chi connectivity index (χ3v) is 6.61. The maximum absolute atomic E-state index is 10.5. The number of carboxylic acid groups (broad SMARTS) is 1. The first-order valence-corrected chi connectivity index (χ1v) is 10.8. The Labute approximate surface area is 157 Å². The molecule has 0 amide bonds. The van der Waals surface area contributed by atoms with Gasteiger partial charge in [0.05, 0.1) is 12.2 Å². The van der Waals surface area contributed by atoms with Crippen LogP contribution in [0.4, 0.5) is 0 Å². The second-order valence-corrected chi connectivity index (χ2v) is 8.36. The van der Waals surface area contributed by atoms with Crippen molar-refractivity contribution >= 4 is 5.97 Å². The molecule has 2 aliphatic heterocycles. The minimum Gasteiger partial charge on any atom is -0.481 e. The van der Waals surface area contributed by atoms with E-state index in [1.807, 2.05) is 0 Å². The predicted molar refractivity (Wildman–Crippen MR) is 99.2 cm³/mol. The molecule has 26 heavy (non-hydrogen) atoms. The lowest BCUT2D eigenvalue weighted by Gasteiger charge is -2.28. The van der Waals surface area contributed by atoms with Crippen molar-refractivity contribution in [1.29, 1.82) is 0 Å². The fourth-order valence-electron chi connectivity index (χ4n) is 5.19. The number of fused-ring (bicyclic) bond motifs is 2. The van der Waals surface area contributed by atoms with Gasteiger partial charge < -0.3 is 19.3 Å². The first kappa shape index (κ1) is 20.1. The largest absolute Gasteiger partial charge is 0.481 e. The van der Waals surface area contributed by atoms with Gasteiger partial charge in [-0.3, -0.25) is 4.79 Å². The van der Waals surface area contributed by atoms with Crippen molar-refractivity contribution in [2.24, 2.45) is 17.8 Å². The summed E-state index contributed by atoms with van der Waals surface area (Å²) in [5, 5.41) is 8.65. The Kier molecular flexibility index (Phi) is 8.21. The molecule has 0 aromatic rings. The van der Waals surface area contributed by atoms with Crippen LogP contribution in [-0.2, 0) is 19.0 Å². The van der Waals surface area contributed by atoms with Gasteiger partial charge >= 0.3 is 5.97 Å². The van der Waals surface area contributed by atoms with Gasteiger partial charge in [0.25, 0.3) is 0 Å². The lowest BCUT2D eigenvalue weighted by molar-refractivity contribution is -0.137. The van der Waals surface area contributed by atoms with Crippen LogP contribution in [0.1, 0.15) is 70.6 Å². The molecule has 5 heteroatoms. The molecule has 5 nitrogen and oxygen atoms in total. The summed E-state index contributed by atoms with van der Waals surface area (Å²) < 4.78 is 17.8. The van der Waals surface area contributed by atoms with E-state index in [0.29, 0.717) is 37.1 Å². The zero-order chi connectivity index (χ0) is 18.2. The Morgan fingerprint density at radius 1 is 0.846 bits per heavy atom. The minimum absolute atomic E-state index is 0.193. The third-order valence-electron chi connectivity index (χ3n) is 6.61. The third kappa shape index (κ3) is 5.93. The number of aliphatic carboxylic acids is 1. The van der Waals surface area contributed by atoms with Gasteiger partial charge in [0.1, 0.15) is 0 Å². The van der Waals surface area contributed by atoms with Crippen LogP contribution in [0.5, 0.6) is 0 Å². The molecule has 2 heterocycles. The van der Waals surface area contributed by atoms with Crippen LogP contribution in [0.15, 0.2) is 0 Å². The van der Waals surface area contributed by atoms with Crippen LogP contribution in [0.25, 0.3) is 0 Å². The van der Waals surface area contributed by atoms with Gasteiger partial charge in [-0.25, -0.2) is 0 Å². The Bertz CT molecular complexity index is 421. The van der Waals surface area contributed by atoms with Gasteiger partial charge in [0.15, 0.2) is 0 Å². The highest BCUT2D eigenvalue weighted by Crippen LogP contribution is 2.46. The zero-order valence-electron chi connectivity index (χ0n) is 16.1. The molecule has 1 aliphatic carbocycles. The molecule has 3 fully saturated rings. The fraction of sp³-hybridized carbons (Fsp3) is 0.952. The molecule has 0 spiro atoms. The van der Waals surface area contributed by atoms with Crippen LogP contribution in [0.2, 0.25) is 0 Å². The van der Waals surface area contributed by atoms with Crippen molar-refractivity contribution in [2.75, 3.05) is 26.4 Å². The first-order valence-electron chi connectivity index (χ1n) is 10.8. The Morgan fingerprint density at radius 2 is 1.42 bits per heavy atom. The second-order valence-electron chi connectivity index (χ2n) is 8.36. The molecule has 150 valence electrons. The highest BCUT2D eigenvalue weighted by molar-refractivity contribution is 5.66. The summed E-state index contributed by atoms with van der Waals surface area (Å²) in [6.07, 6.45) is 13.0. The molecule has 3 rings (SSSR count). The number of rotatable bonds is 13. The SMILES string of the molecule is O=C(O)CCCOCCC1C2CCC(O2)C1CCOCCC1CCCC1. The second kappa shape index (κ2) is 10.6. The Morgan fingerprint density at radius 3 is 2.04 bits per heavy atom. The first-order chi connectivity index (χ1) is 12.7. The normalized spacial score (nSPS) is 31.1. The summed E-state index contributed by atoms with van der Waals surface area (Å²) in [6.45, 7) is 3.04. The maximum Gasteiger partial charge on any atom is 0.303 e. The van der Waals surface area contributed by atoms with Crippen molar-refractivity contribution in [3.05, 3.63) is 0 Å². The summed E-state index contributed by atoms with van der Waals surface area (Å²) in [7, 11) is 0. The number of carboxylic acids is 1. The highest BCUT2D eigenvalue weighted by atomic mass is 16.5. The summed E-state index contributed by atoms with van der Waals surface area (Å²) in [5.74, 6) is 1.37. The smallest absolute Gasteiger partial charge is 0.303 e. The number of carbonyl (C=O) groups is 1. The van der Waals surface area contributed by atoms with E-state index in [1.54, 1.807) is 0 Å². The lowest BCUT2D eigenvalue weighted by Crippen LogP contribution is -2.29. The molecule has 0 aromatic heterocycles. The topological polar surface area (TPSA) is 65.0 Å². The van der Waals surface area contributed by atoms with Crippen molar-refractivity contribution in [1.82, 2.24) is 0 Å². The number of ether oxygens (including phenoxy) is 3. The van der Waals surface area contributed by atoms with E-state index in [1.165, 1.54) is 44.9 Å². The molecule has 2 bridgehead atoms. The van der Waals surface area contributed by atoms with E-state index in [-0.39, 0.29) is 6.42 Å². The van der Waals surface area contributed by atoms with Gasteiger partial charge in [-0.15, -0.1) is 0 Å². The van der Waals surface area contributed by atoms with Crippen LogP contribution in [0, 0.1) is 17.8 Å². The van der Waals surface area contributed by atoms with E-state index >= 15 is 0 Å². The van der Waals surface area contributed by atoms with Crippen LogP contribution in [-0.4, -0.2) is 49.7 Å². The van der Waals surface area contributed by atoms with Crippen LogP contribution < -0.4 is 0 Å². The van der Waals surface area contributed by atoms with E-state index in [2.05, 4.69) is 0 Å². The van der Waals surface area contributed by atoms with Gasteiger partial charge in [-0.05, 0) is 56.3 Å². The van der Waals surface area contributed by atoms with Crippen LogP contribution >= 0.6 is 0 Å². The molecular weight excluding hydrogens is 332 g/mol. The molecule has 1 saturated carbocycles. The average molecular weight is 369 g/mol. The molecule has 2 saturated heterocycles. The number of hydrogen-bond acceptors (Lipinski definition) is 4. The van der Waals surface area contributed by atoms with Crippen molar-refractivity contribution in [3.8, 4) is 0 Å². The van der Waals surface area contributed by atoms with E-state index < -0.39 is 5.97 Å². The number of hydrogen-bond donors (Lipinski definition) is 1. The molecule has 0 aromatic carbocycles. The standard InChI is InChI=1S/C21H36O5/c22-21(23)6-3-12-24-14-10-17-18(20-8-7-19(17)26-20)11-15-25-13-9-16-4-1-2-5-16/h16-20H,1-15H2,(H,22,23). The molecule has 1 N–H and O–H groups in total. The van der Waals surface area contributed by atoms with Crippen molar-refractivity contribution in [3.63, 3.8) is 0 Å². The zero-order valence-corrected chi connectivity index (χ0v) is 16.1. The lowest BCUT2D eigenvalue weighted by atomic mass is 9.76. The van der Waals surface area contributed by atoms with Gasteiger partial charge in [0, 0.05) is 32.8 Å². The Balaban J connectivity index is 1.28. The minimum atomic E-state index is -0.747. The van der Waals surface area contributed by atoms with Gasteiger partial charge in [0.2, 0.25) is 0 Å². The van der Waals surface area contributed by atoms with E-state index in [9.17, 15) is 4.79 Å². The quantitative estimate of drug-likeness (QED) is 0.497. The van der Waals surface area contributed by atoms with Crippen LogP contribution in [0.3, 0.4) is 0 Å². The van der Waals surface area contributed by atoms with Crippen molar-refractivity contribution in [2.45, 2.75) is 82.8 Å².